The minimum absolute atomic E-state index is 0.0122. The van der Waals surface area contributed by atoms with Crippen molar-refractivity contribution >= 4 is 17.9 Å². The van der Waals surface area contributed by atoms with Crippen LogP contribution >= 0.6 is 0 Å². The number of unbranched alkanes of at least 4 members (excludes halogenated alkanes) is 22. The number of esters is 3. The molecule has 0 aromatic heterocycles. The van der Waals surface area contributed by atoms with E-state index in [-0.39, 0.29) is 24.0 Å². The van der Waals surface area contributed by atoms with Crippen molar-refractivity contribution in [3.63, 3.8) is 0 Å². The van der Waals surface area contributed by atoms with E-state index in [0.29, 0.717) is 62.1 Å². The maximum atomic E-state index is 12.7. The van der Waals surface area contributed by atoms with E-state index in [0.717, 1.165) is 83.1 Å². The van der Waals surface area contributed by atoms with E-state index < -0.39 is 0 Å². The van der Waals surface area contributed by atoms with Gasteiger partial charge in [0.2, 0.25) is 0 Å². The summed E-state index contributed by atoms with van der Waals surface area (Å²) < 4.78 is 17.1. The molecule has 0 fully saturated rings. The van der Waals surface area contributed by atoms with Gasteiger partial charge in [0.15, 0.2) is 0 Å². The second-order valence-electron chi connectivity index (χ2n) is 23.1. The molecule has 0 amide bonds. The first-order chi connectivity index (χ1) is 33.7. The molecule has 0 saturated carbocycles. The molecular formula is C63H119NO6. The van der Waals surface area contributed by atoms with Crippen molar-refractivity contribution in [1.29, 1.82) is 0 Å². The number of carbonyl (C=O) groups is 3. The Hall–Kier alpha value is -2.15. The number of rotatable bonds is 51. The van der Waals surface area contributed by atoms with Gasteiger partial charge in [0.1, 0.15) is 6.10 Å². The fourth-order valence-electron chi connectivity index (χ4n) is 9.90. The average Bonchev–Trinajstić information content (AvgIpc) is 3.30. The molecule has 2 atom stereocenters. The molecule has 0 heterocycles. The van der Waals surface area contributed by atoms with Crippen LogP contribution in [-0.2, 0) is 28.6 Å². The maximum Gasteiger partial charge on any atom is 0.306 e. The second-order valence-corrected chi connectivity index (χ2v) is 23.1. The Labute approximate surface area is 436 Å². The van der Waals surface area contributed by atoms with Gasteiger partial charge >= 0.3 is 17.9 Å². The third-order valence-corrected chi connectivity index (χ3v) is 14.7. The van der Waals surface area contributed by atoms with Crippen molar-refractivity contribution < 1.29 is 28.6 Å². The predicted octanol–water partition coefficient (Wildman–Crippen LogP) is 18.6. The number of allylic oxidation sites excluding steroid dienone is 4. The highest BCUT2D eigenvalue weighted by Gasteiger charge is 2.19. The zero-order chi connectivity index (χ0) is 51.9. The molecule has 2 unspecified atom stereocenters. The first-order valence-electron chi connectivity index (χ1n) is 30.2. The largest absolute Gasteiger partial charge is 0.466 e. The molecule has 70 heavy (non-hydrogen) atoms. The highest BCUT2D eigenvalue weighted by Crippen LogP contribution is 2.25. The topological polar surface area (TPSA) is 82.1 Å². The van der Waals surface area contributed by atoms with Crippen molar-refractivity contribution in [1.82, 2.24) is 4.90 Å². The van der Waals surface area contributed by atoms with Crippen LogP contribution in [0.25, 0.3) is 0 Å². The number of ether oxygens (including phenoxy) is 3. The van der Waals surface area contributed by atoms with Crippen LogP contribution in [0.3, 0.4) is 0 Å². The first-order valence-corrected chi connectivity index (χ1v) is 30.2. The minimum Gasteiger partial charge on any atom is -0.466 e. The second kappa shape index (κ2) is 49.1. The molecular weight excluding hydrogens is 867 g/mol. The standard InChI is InChI=1S/C63H119NO6/c1-54(2)47-48-58(55(3)4)49-52-68-61(65)44-39-35-31-27-23-19-15-11-13-17-21-25-29-33-37-42-59(70-63(67)46-41-51-64(9)10)43-38-34-30-26-22-18-14-12-16-20-24-28-32-36-40-45-62(66)69-53-50-60(56(5)6)57(7)8/h11-12,15-16,54-60H,13-14,17-53H2,1-10H3/b15-11-,16-12-. The smallest absolute Gasteiger partial charge is 0.306 e. The quantitative estimate of drug-likeness (QED) is 0.0260. The number of hydrogen-bond acceptors (Lipinski definition) is 7. The van der Waals surface area contributed by atoms with Gasteiger partial charge < -0.3 is 19.1 Å². The summed E-state index contributed by atoms with van der Waals surface area (Å²) >= 11 is 0. The predicted molar refractivity (Wildman–Crippen MR) is 301 cm³/mol. The fraction of sp³-hybridized carbons (Fsp3) is 0.889. The van der Waals surface area contributed by atoms with Crippen LogP contribution in [0.4, 0.5) is 0 Å². The van der Waals surface area contributed by atoms with Crippen LogP contribution in [0.2, 0.25) is 0 Å². The fourth-order valence-corrected chi connectivity index (χ4v) is 9.90. The Morgan fingerprint density at radius 1 is 0.386 bits per heavy atom. The van der Waals surface area contributed by atoms with Gasteiger partial charge in [-0.2, -0.15) is 0 Å². The van der Waals surface area contributed by atoms with Gasteiger partial charge in [-0.15, -0.1) is 0 Å². The number of hydrogen-bond donors (Lipinski definition) is 0. The SMILES string of the molecule is CC(C)CCC(CCOC(=O)CCCCCCC/C=C\CCCCCCCCC(CCCCCCCC/C=C\CCCCCCCC(=O)OCCC(C(C)C)C(C)C)OC(=O)CCCN(C)C)C(C)C. The average molecular weight is 987 g/mol. The molecule has 0 aromatic rings. The Kier molecular flexibility index (Phi) is 47.6. The van der Waals surface area contributed by atoms with Crippen molar-refractivity contribution in [3.05, 3.63) is 24.3 Å². The first kappa shape index (κ1) is 67.8. The molecule has 0 saturated heterocycles. The zero-order valence-electron chi connectivity index (χ0n) is 48.3. The lowest BCUT2D eigenvalue weighted by Crippen LogP contribution is -2.20. The molecule has 0 aliphatic rings. The monoisotopic (exact) mass is 986 g/mol. The summed E-state index contributed by atoms with van der Waals surface area (Å²) in [5.41, 5.74) is 0. The Bertz CT molecular complexity index is 1230. The third kappa shape index (κ3) is 46.9. The van der Waals surface area contributed by atoms with Crippen LogP contribution in [0.5, 0.6) is 0 Å². The van der Waals surface area contributed by atoms with Crippen molar-refractivity contribution in [3.8, 4) is 0 Å². The molecule has 0 aliphatic heterocycles. The van der Waals surface area contributed by atoms with Crippen LogP contribution in [0.15, 0.2) is 24.3 Å². The van der Waals surface area contributed by atoms with Gasteiger partial charge in [-0.25, -0.2) is 0 Å². The van der Waals surface area contributed by atoms with E-state index in [1.54, 1.807) is 0 Å². The summed E-state index contributed by atoms with van der Waals surface area (Å²) in [6.45, 7) is 20.3. The Balaban J connectivity index is 3.96. The Morgan fingerprint density at radius 3 is 1.14 bits per heavy atom. The highest BCUT2D eigenvalue weighted by atomic mass is 16.5. The summed E-state index contributed by atoms with van der Waals surface area (Å²) in [6, 6.07) is 0. The van der Waals surface area contributed by atoms with Gasteiger partial charge in [-0.3, -0.25) is 14.4 Å². The molecule has 412 valence electrons. The summed E-state index contributed by atoms with van der Waals surface area (Å²) in [7, 11) is 4.11. The lowest BCUT2D eigenvalue weighted by Gasteiger charge is -2.24. The van der Waals surface area contributed by atoms with E-state index in [1.165, 1.54) is 141 Å². The molecule has 0 bridgehead atoms. The van der Waals surface area contributed by atoms with Crippen LogP contribution in [-0.4, -0.2) is 62.8 Å². The summed E-state index contributed by atoms with van der Waals surface area (Å²) in [5, 5.41) is 0. The molecule has 0 aliphatic carbocycles. The van der Waals surface area contributed by atoms with Crippen molar-refractivity contribution in [2.45, 2.75) is 293 Å². The van der Waals surface area contributed by atoms with Gasteiger partial charge in [-0.1, -0.05) is 176 Å². The Morgan fingerprint density at radius 2 is 0.757 bits per heavy atom. The zero-order valence-corrected chi connectivity index (χ0v) is 48.3. The normalized spacial score (nSPS) is 13.1. The van der Waals surface area contributed by atoms with Gasteiger partial charge in [-0.05, 0) is 172 Å². The van der Waals surface area contributed by atoms with Crippen LogP contribution in [0.1, 0.15) is 287 Å². The molecule has 0 N–H and O–H groups in total. The van der Waals surface area contributed by atoms with Crippen LogP contribution in [0, 0.1) is 35.5 Å². The lowest BCUT2D eigenvalue weighted by atomic mass is 9.83. The molecule has 0 spiro atoms. The minimum atomic E-state index is -0.0213. The molecule has 0 radical (unpaired) electrons. The van der Waals surface area contributed by atoms with E-state index >= 15 is 0 Å². The molecule has 0 aromatic carbocycles. The van der Waals surface area contributed by atoms with E-state index in [9.17, 15) is 14.4 Å². The highest BCUT2D eigenvalue weighted by molar-refractivity contribution is 5.70. The van der Waals surface area contributed by atoms with E-state index in [4.69, 9.17) is 14.2 Å². The number of carbonyl (C=O) groups excluding carboxylic acids is 3. The lowest BCUT2D eigenvalue weighted by molar-refractivity contribution is -0.150. The van der Waals surface area contributed by atoms with Crippen LogP contribution < -0.4 is 0 Å². The number of nitrogens with zero attached hydrogens (tertiary/aromatic N) is 1. The summed E-state index contributed by atoms with van der Waals surface area (Å²) in [5.74, 6) is 3.86. The van der Waals surface area contributed by atoms with Crippen molar-refractivity contribution in [2.75, 3.05) is 33.9 Å². The third-order valence-electron chi connectivity index (χ3n) is 14.7. The van der Waals surface area contributed by atoms with E-state index in [1.807, 2.05) is 0 Å². The van der Waals surface area contributed by atoms with Gasteiger partial charge in [0.05, 0.1) is 13.2 Å². The molecule has 7 nitrogen and oxygen atoms in total. The van der Waals surface area contributed by atoms with Gasteiger partial charge in [0.25, 0.3) is 0 Å². The van der Waals surface area contributed by atoms with Crippen molar-refractivity contribution in [2.24, 2.45) is 35.5 Å². The summed E-state index contributed by atoms with van der Waals surface area (Å²) in [6.07, 6.45) is 49.8. The van der Waals surface area contributed by atoms with Gasteiger partial charge in [0, 0.05) is 19.3 Å². The summed E-state index contributed by atoms with van der Waals surface area (Å²) in [4.78, 5) is 39.1. The molecule has 7 heteroatoms. The van der Waals surface area contributed by atoms with E-state index in [2.05, 4.69) is 98.7 Å². The maximum absolute atomic E-state index is 12.7. The molecule has 0 rings (SSSR count).